The molecule has 0 unspecified atom stereocenters. The third kappa shape index (κ3) is 4.18. The van der Waals surface area contributed by atoms with Crippen molar-refractivity contribution in [2.24, 2.45) is 0 Å². The number of ether oxygens (including phenoxy) is 1. The van der Waals surface area contributed by atoms with Gasteiger partial charge in [0.15, 0.2) is 0 Å². The standard InChI is InChI=1S/C14H15NO4S2/c1-14(2,3)19-11(16)8-15-12(17)10(21-13(15)18)7-9-5-4-6-20-9/h4-7H,8H2,1-3H3. The van der Waals surface area contributed by atoms with Gasteiger partial charge in [-0.2, -0.15) is 0 Å². The average molecular weight is 325 g/mol. The van der Waals surface area contributed by atoms with Crippen molar-refractivity contribution in [3.05, 3.63) is 27.3 Å². The maximum Gasteiger partial charge on any atom is 0.326 e. The molecule has 0 radical (unpaired) electrons. The van der Waals surface area contributed by atoms with E-state index in [1.165, 1.54) is 11.3 Å². The molecule has 2 amide bonds. The number of carbonyl (C=O) groups excluding carboxylic acids is 3. The van der Waals surface area contributed by atoms with Crippen LogP contribution < -0.4 is 0 Å². The monoisotopic (exact) mass is 325 g/mol. The lowest BCUT2D eigenvalue weighted by molar-refractivity contribution is -0.156. The van der Waals surface area contributed by atoms with Crippen molar-refractivity contribution in [2.75, 3.05) is 6.54 Å². The van der Waals surface area contributed by atoms with Gasteiger partial charge in [-0.3, -0.25) is 19.3 Å². The topological polar surface area (TPSA) is 63.7 Å². The fourth-order valence-corrected chi connectivity index (χ4v) is 3.20. The van der Waals surface area contributed by atoms with Gasteiger partial charge in [0.1, 0.15) is 12.1 Å². The second kappa shape index (κ2) is 6.03. The highest BCUT2D eigenvalue weighted by Crippen LogP contribution is 2.32. The Kier molecular flexibility index (Phi) is 4.53. The van der Waals surface area contributed by atoms with E-state index in [0.717, 1.165) is 21.5 Å². The number of hydrogen-bond donors (Lipinski definition) is 0. The predicted octanol–water partition coefficient (Wildman–Crippen LogP) is 3.13. The molecule has 0 aliphatic carbocycles. The van der Waals surface area contributed by atoms with Crippen LogP contribution in [0.5, 0.6) is 0 Å². The number of esters is 1. The van der Waals surface area contributed by atoms with Gasteiger partial charge in [0.2, 0.25) is 0 Å². The van der Waals surface area contributed by atoms with Crippen LogP contribution in [0.4, 0.5) is 4.79 Å². The van der Waals surface area contributed by atoms with Crippen molar-refractivity contribution >= 4 is 46.3 Å². The molecule has 5 nitrogen and oxygen atoms in total. The first-order chi connectivity index (χ1) is 9.76. The van der Waals surface area contributed by atoms with Crippen LogP contribution in [-0.4, -0.2) is 34.2 Å². The molecular formula is C14H15NO4S2. The first-order valence-electron chi connectivity index (χ1n) is 6.27. The molecule has 1 aliphatic rings. The zero-order chi connectivity index (χ0) is 15.6. The van der Waals surface area contributed by atoms with Gasteiger partial charge in [-0.1, -0.05) is 6.07 Å². The number of rotatable bonds is 3. The second-order valence-corrected chi connectivity index (χ2v) is 7.34. The van der Waals surface area contributed by atoms with Crippen LogP contribution in [0.2, 0.25) is 0 Å². The number of carbonyl (C=O) groups is 3. The van der Waals surface area contributed by atoms with E-state index in [4.69, 9.17) is 4.74 Å². The van der Waals surface area contributed by atoms with Crippen molar-refractivity contribution in [3.8, 4) is 0 Å². The Bertz CT molecular complexity index is 599. The van der Waals surface area contributed by atoms with Crippen molar-refractivity contribution in [1.29, 1.82) is 0 Å². The number of hydrogen-bond acceptors (Lipinski definition) is 6. The van der Waals surface area contributed by atoms with Gasteiger partial charge in [0.25, 0.3) is 11.1 Å². The molecule has 1 saturated heterocycles. The number of nitrogens with zero attached hydrogens (tertiary/aromatic N) is 1. The number of imide groups is 1. The Morgan fingerprint density at radius 1 is 1.38 bits per heavy atom. The molecule has 1 aromatic rings. The van der Waals surface area contributed by atoms with E-state index in [2.05, 4.69) is 0 Å². The van der Waals surface area contributed by atoms with E-state index in [1.807, 2.05) is 17.5 Å². The van der Waals surface area contributed by atoms with Crippen molar-refractivity contribution in [1.82, 2.24) is 4.90 Å². The van der Waals surface area contributed by atoms with Crippen LogP contribution in [0.25, 0.3) is 6.08 Å². The van der Waals surface area contributed by atoms with Crippen LogP contribution in [0, 0.1) is 0 Å². The van der Waals surface area contributed by atoms with Gasteiger partial charge in [0.05, 0.1) is 4.91 Å². The summed E-state index contributed by atoms with van der Waals surface area (Å²) in [6.45, 7) is 4.84. The zero-order valence-corrected chi connectivity index (χ0v) is 13.5. The lowest BCUT2D eigenvalue weighted by atomic mass is 10.2. The van der Waals surface area contributed by atoms with Gasteiger partial charge in [-0.15, -0.1) is 11.3 Å². The summed E-state index contributed by atoms with van der Waals surface area (Å²) < 4.78 is 5.13. The number of thioether (sulfide) groups is 1. The summed E-state index contributed by atoms with van der Waals surface area (Å²) in [4.78, 5) is 37.9. The van der Waals surface area contributed by atoms with Crippen molar-refractivity contribution in [3.63, 3.8) is 0 Å². The van der Waals surface area contributed by atoms with Gasteiger partial charge in [-0.25, -0.2) is 0 Å². The Balaban J connectivity index is 2.07. The molecule has 1 fully saturated rings. The lowest BCUT2D eigenvalue weighted by Crippen LogP contribution is -2.37. The Morgan fingerprint density at radius 3 is 2.67 bits per heavy atom. The molecule has 0 saturated carbocycles. The molecule has 0 spiro atoms. The quantitative estimate of drug-likeness (QED) is 0.631. The molecule has 112 valence electrons. The Morgan fingerprint density at radius 2 is 2.10 bits per heavy atom. The summed E-state index contributed by atoms with van der Waals surface area (Å²) in [6.07, 6.45) is 1.66. The van der Waals surface area contributed by atoms with E-state index >= 15 is 0 Å². The van der Waals surface area contributed by atoms with E-state index in [-0.39, 0.29) is 6.54 Å². The molecule has 7 heteroatoms. The maximum absolute atomic E-state index is 12.2. The molecule has 2 heterocycles. The Hall–Kier alpha value is -1.60. The molecular weight excluding hydrogens is 310 g/mol. The SMILES string of the molecule is CC(C)(C)OC(=O)CN1C(=O)SC(=Cc2cccs2)C1=O. The first-order valence-corrected chi connectivity index (χ1v) is 7.96. The van der Waals surface area contributed by atoms with Crippen molar-refractivity contribution in [2.45, 2.75) is 26.4 Å². The number of thiophene rings is 1. The smallest absolute Gasteiger partial charge is 0.326 e. The van der Waals surface area contributed by atoms with E-state index in [9.17, 15) is 14.4 Å². The van der Waals surface area contributed by atoms with Crippen LogP contribution >= 0.6 is 23.1 Å². The molecule has 0 aromatic carbocycles. The average Bonchev–Trinajstić information content (AvgIpc) is 2.92. The minimum absolute atomic E-state index is 0.325. The lowest BCUT2D eigenvalue weighted by Gasteiger charge is -2.21. The highest BCUT2D eigenvalue weighted by molar-refractivity contribution is 8.18. The molecule has 2 rings (SSSR count). The Labute approximate surface area is 131 Å². The fraction of sp³-hybridized carbons (Fsp3) is 0.357. The van der Waals surface area contributed by atoms with Gasteiger partial charge >= 0.3 is 5.97 Å². The molecule has 1 aromatic heterocycles. The second-order valence-electron chi connectivity index (χ2n) is 5.37. The fourth-order valence-electron chi connectivity index (χ4n) is 1.64. The minimum atomic E-state index is -0.647. The summed E-state index contributed by atoms with van der Waals surface area (Å²) in [5.74, 6) is -1.05. The largest absolute Gasteiger partial charge is 0.459 e. The molecule has 0 bridgehead atoms. The van der Waals surface area contributed by atoms with Gasteiger partial charge in [-0.05, 0) is 50.1 Å². The highest BCUT2D eigenvalue weighted by Gasteiger charge is 2.37. The van der Waals surface area contributed by atoms with E-state index < -0.39 is 22.7 Å². The summed E-state index contributed by atoms with van der Waals surface area (Å²) in [5, 5.41) is 1.44. The van der Waals surface area contributed by atoms with Gasteiger partial charge in [0, 0.05) is 4.88 Å². The summed E-state index contributed by atoms with van der Waals surface area (Å²) in [6, 6.07) is 3.72. The predicted molar refractivity (Wildman–Crippen MR) is 82.8 cm³/mol. The third-order valence-electron chi connectivity index (χ3n) is 2.40. The molecule has 0 atom stereocenters. The summed E-state index contributed by atoms with van der Waals surface area (Å²) in [5.41, 5.74) is -0.647. The summed E-state index contributed by atoms with van der Waals surface area (Å²) in [7, 11) is 0. The number of amides is 2. The molecule has 1 aliphatic heterocycles. The van der Waals surface area contributed by atoms with E-state index in [1.54, 1.807) is 26.8 Å². The zero-order valence-electron chi connectivity index (χ0n) is 11.9. The van der Waals surface area contributed by atoms with Crippen LogP contribution in [0.15, 0.2) is 22.4 Å². The van der Waals surface area contributed by atoms with Crippen LogP contribution in [0.3, 0.4) is 0 Å². The van der Waals surface area contributed by atoms with Crippen molar-refractivity contribution < 1.29 is 19.1 Å². The third-order valence-corrected chi connectivity index (χ3v) is 4.12. The maximum atomic E-state index is 12.2. The van der Waals surface area contributed by atoms with E-state index in [0.29, 0.717) is 4.91 Å². The van der Waals surface area contributed by atoms with Gasteiger partial charge < -0.3 is 4.74 Å². The normalized spacial score (nSPS) is 17.7. The molecule has 21 heavy (non-hydrogen) atoms. The first kappa shape index (κ1) is 15.8. The summed E-state index contributed by atoms with van der Waals surface area (Å²) >= 11 is 2.31. The highest BCUT2D eigenvalue weighted by atomic mass is 32.2. The minimum Gasteiger partial charge on any atom is -0.459 e. The molecule has 0 N–H and O–H groups in total. The van der Waals surface area contributed by atoms with Crippen LogP contribution in [-0.2, 0) is 14.3 Å². The van der Waals surface area contributed by atoms with Crippen LogP contribution in [0.1, 0.15) is 25.6 Å².